The first-order valence-electron chi connectivity index (χ1n) is 9.23. The highest BCUT2D eigenvalue weighted by atomic mass is 16.1. The van der Waals surface area contributed by atoms with E-state index in [0.29, 0.717) is 23.5 Å². The second-order valence-corrected chi connectivity index (χ2v) is 7.89. The standard InChI is InChI=1S/C20H24N2O/c1-2-20-10-9-14-12-5-7-18-16(11-21-22-18)13(12)3-4-15(14)17(20)6-8-19(20)23/h5,7,11,14-15,17H,2-4,6,8-10H2,1H3,(H,21,22). The van der Waals surface area contributed by atoms with Crippen LogP contribution in [0.3, 0.4) is 0 Å². The van der Waals surface area contributed by atoms with Crippen LogP contribution in [-0.4, -0.2) is 16.0 Å². The van der Waals surface area contributed by atoms with Gasteiger partial charge in [-0.1, -0.05) is 13.0 Å². The minimum absolute atomic E-state index is 0.0262. The Morgan fingerprint density at radius 3 is 3.04 bits per heavy atom. The summed E-state index contributed by atoms with van der Waals surface area (Å²) in [6.45, 7) is 2.24. The zero-order valence-electron chi connectivity index (χ0n) is 13.8. The van der Waals surface area contributed by atoms with Gasteiger partial charge in [0.1, 0.15) is 5.78 Å². The summed E-state index contributed by atoms with van der Waals surface area (Å²) in [4.78, 5) is 12.6. The van der Waals surface area contributed by atoms with Gasteiger partial charge >= 0.3 is 0 Å². The van der Waals surface area contributed by atoms with Crippen molar-refractivity contribution in [3.63, 3.8) is 0 Å². The zero-order chi connectivity index (χ0) is 15.6. The number of rotatable bonds is 1. The molecule has 2 aromatic rings. The molecule has 0 bridgehead atoms. The van der Waals surface area contributed by atoms with Gasteiger partial charge in [0.15, 0.2) is 0 Å². The molecular weight excluding hydrogens is 284 g/mol. The molecule has 5 rings (SSSR count). The average Bonchev–Trinajstić information content (AvgIpc) is 3.19. The number of aromatic amines is 1. The Hall–Kier alpha value is -1.64. The number of H-pyrrole nitrogens is 1. The Balaban J connectivity index is 1.60. The van der Waals surface area contributed by atoms with Crippen molar-refractivity contribution in [3.05, 3.63) is 29.5 Å². The molecule has 1 aromatic carbocycles. The van der Waals surface area contributed by atoms with Crippen molar-refractivity contribution < 1.29 is 4.79 Å². The molecule has 2 saturated carbocycles. The van der Waals surface area contributed by atoms with Crippen LogP contribution in [0, 0.1) is 17.3 Å². The highest BCUT2D eigenvalue weighted by Gasteiger charge is 2.56. The number of aromatic nitrogens is 2. The largest absolute Gasteiger partial charge is 0.299 e. The summed E-state index contributed by atoms with van der Waals surface area (Å²) in [5.41, 5.74) is 4.26. The molecule has 1 heterocycles. The Bertz CT molecular complexity index is 792. The van der Waals surface area contributed by atoms with Gasteiger partial charge in [0.05, 0.1) is 11.7 Å². The maximum atomic E-state index is 12.6. The van der Waals surface area contributed by atoms with Crippen molar-refractivity contribution in [2.45, 2.75) is 57.8 Å². The van der Waals surface area contributed by atoms with Crippen LogP contribution in [0.4, 0.5) is 0 Å². The third-order valence-corrected chi connectivity index (χ3v) is 7.41. The Morgan fingerprint density at radius 2 is 2.17 bits per heavy atom. The van der Waals surface area contributed by atoms with E-state index >= 15 is 0 Å². The van der Waals surface area contributed by atoms with Crippen LogP contribution in [-0.2, 0) is 11.2 Å². The highest BCUT2D eigenvalue weighted by Crippen LogP contribution is 2.61. The molecule has 4 atom stereocenters. The summed E-state index contributed by atoms with van der Waals surface area (Å²) >= 11 is 0. The number of aryl methyl sites for hydroxylation is 1. The summed E-state index contributed by atoms with van der Waals surface area (Å²) in [5, 5.41) is 8.65. The predicted molar refractivity (Wildman–Crippen MR) is 90.3 cm³/mol. The second kappa shape index (κ2) is 4.68. The molecule has 0 saturated heterocycles. The van der Waals surface area contributed by atoms with Crippen molar-refractivity contribution >= 4 is 16.7 Å². The van der Waals surface area contributed by atoms with Crippen LogP contribution < -0.4 is 0 Å². The Morgan fingerprint density at radius 1 is 1.26 bits per heavy atom. The number of Topliss-reactive ketones (excluding diaryl/α,β-unsaturated/α-hetero) is 1. The van der Waals surface area contributed by atoms with Crippen LogP contribution in [0.15, 0.2) is 18.3 Å². The lowest BCUT2D eigenvalue weighted by Crippen LogP contribution is -2.44. The van der Waals surface area contributed by atoms with E-state index in [2.05, 4.69) is 29.3 Å². The summed E-state index contributed by atoms with van der Waals surface area (Å²) in [7, 11) is 0. The van der Waals surface area contributed by atoms with Crippen LogP contribution in [0.2, 0.25) is 0 Å². The number of ketones is 1. The molecular formula is C20H24N2O. The fourth-order valence-corrected chi connectivity index (χ4v) is 6.33. The van der Waals surface area contributed by atoms with Crippen molar-refractivity contribution in [1.82, 2.24) is 10.2 Å². The quantitative estimate of drug-likeness (QED) is 0.850. The van der Waals surface area contributed by atoms with Crippen molar-refractivity contribution in [2.24, 2.45) is 17.3 Å². The molecule has 0 spiro atoms. The zero-order valence-corrected chi connectivity index (χ0v) is 13.8. The number of nitrogens with one attached hydrogen (secondary N) is 1. The van der Waals surface area contributed by atoms with E-state index in [1.54, 1.807) is 5.56 Å². The van der Waals surface area contributed by atoms with Gasteiger partial charge in [-0.15, -0.1) is 0 Å². The molecule has 0 amide bonds. The summed E-state index contributed by atoms with van der Waals surface area (Å²) in [6, 6.07) is 4.54. The first kappa shape index (κ1) is 13.8. The van der Waals surface area contributed by atoms with Crippen LogP contribution in [0.25, 0.3) is 10.9 Å². The van der Waals surface area contributed by atoms with Crippen molar-refractivity contribution in [3.8, 4) is 0 Å². The van der Waals surface area contributed by atoms with Gasteiger partial charge in [0.25, 0.3) is 0 Å². The number of carbonyl (C=O) groups excluding carboxylic acids is 1. The molecule has 23 heavy (non-hydrogen) atoms. The molecule has 1 aromatic heterocycles. The van der Waals surface area contributed by atoms with Crippen LogP contribution >= 0.6 is 0 Å². The van der Waals surface area contributed by atoms with Gasteiger partial charge < -0.3 is 0 Å². The van der Waals surface area contributed by atoms with Gasteiger partial charge in [-0.05, 0) is 73.5 Å². The maximum absolute atomic E-state index is 12.6. The summed E-state index contributed by atoms with van der Waals surface area (Å²) < 4.78 is 0. The monoisotopic (exact) mass is 308 g/mol. The first-order valence-corrected chi connectivity index (χ1v) is 9.23. The lowest BCUT2D eigenvalue weighted by Gasteiger charge is -2.49. The predicted octanol–water partition coefficient (Wildman–Crippen LogP) is 4.38. The van der Waals surface area contributed by atoms with E-state index in [0.717, 1.165) is 37.6 Å². The average molecular weight is 308 g/mol. The number of nitrogens with zero attached hydrogens (tertiary/aromatic N) is 1. The molecule has 120 valence electrons. The van der Waals surface area contributed by atoms with Crippen LogP contribution in [0.1, 0.15) is 62.5 Å². The van der Waals surface area contributed by atoms with Gasteiger partial charge in [-0.2, -0.15) is 5.10 Å². The van der Waals surface area contributed by atoms with E-state index in [1.807, 2.05) is 6.20 Å². The molecule has 1 N–H and O–H groups in total. The Kier molecular flexibility index (Phi) is 2.80. The van der Waals surface area contributed by atoms with Gasteiger partial charge in [-0.25, -0.2) is 0 Å². The van der Waals surface area contributed by atoms with Crippen molar-refractivity contribution in [1.29, 1.82) is 0 Å². The second-order valence-electron chi connectivity index (χ2n) is 7.89. The number of hydrogen-bond acceptors (Lipinski definition) is 2. The van der Waals surface area contributed by atoms with Crippen LogP contribution in [0.5, 0.6) is 0 Å². The molecule has 3 nitrogen and oxygen atoms in total. The lowest BCUT2D eigenvalue weighted by molar-refractivity contribution is -0.131. The number of benzene rings is 1. The van der Waals surface area contributed by atoms with Gasteiger partial charge in [0, 0.05) is 17.2 Å². The third kappa shape index (κ3) is 1.66. The van der Waals surface area contributed by atoms with Gasteiger partial charge in [-0.3, -0.25) is 9.89 Å². The molecule has 2 fully saturated rings. The van der Waals surface area contributed by atoms with E-state index in [4.69, 9.17) is 0 Å². The van der Waals surface area contributed by atoms with Gasteiger partial charge in [0.2, 0.25) is 0 Å². The van der Waals surface area contributed by atoms with E-state index < -0.39 is 0 Å². The van der Waals surface area contributed by atoms with Crippen molar-refractivity contribution in [2.75, 3.05) is 0 Å². The molecule has 3 aliphatic rings. The SMILES string of the molecule is CCC12CCC3c4ccc5[nH]ncc5c4CCC3C1CCC2=O. The summed E-state index contributed by atoms with van der Waals surface area (Å²) in [5.74, 6) is 2.58. The number of fused-ring (bicyclic) bond motifs is 7. The summed E-state index contributed by atoms with van der Waals surface area (Å²) in [6.07, 6.45) is 9.71. The normalized spacial score (nSPS) is 35.9. The third-order valence-electron chi connectivity index (χ3n) is 7.41. The topological polar surface area (TPSA) is 45.8 Å². The lowest BCUT2D eigenvalue weighted by atomic mass is 9.54. The molecule has 3 aliphatic carbocycles. The minimum Gasteiger partial charge on any atom is -0.299 e. The highest BCUT2D eigenvalue weighted by molar-refractivity contribution is 5.88. The number of carbonyl (C=O) groups is 1. The fourth-order valence-electron chi connectivity index (χ4n) is 6.33. The van der Waals surface area contributed by atoms with E-state index in [9.17, 15) is 4.79 Å². The Labute approximate surface area is 136 Å². The number of hydrogen-bond donors (Lipinski definition) is 1. The smallest absolute Gasteiger partial charge is 0.139 e. The van der Waals surface area contributed by atoms with E-state index in [-0.39, 0.29) is 5.41 Å². The maximum Gasteiger partial charge on any atom is 0.139 e. The first-order chi connectivity index (χ1) is 11.2. The molecule has 3 heteroatoms. The molecule has 0 radical (unpaired) electrons. The minimum atomic E-state index is 0.0262. The fraction of sp³-hybridized carbons (Fsp3) is 0.600. The molecule has 4 unspecified atom stereocenters. The molecule has 0 aliphatic heterocycles. The van der Waals surface area contributed by atoms with E-state index in [1.165, 1.54) is 23.8 Å².